The lowest BCUT2D eigenvalue weighted by molar-refractivity contribution is 0.116. The largest absolute Gasteiger partial charge is 0.391 e. The lowest BCUT2D eigenvalue weighted by Crippen LogP contribution is -2.36. The molecule has 2 atom stereocenters. The molecule has 2 unspecified atom stereocenters. The molecule has 2 N–H and O–H groups in total. The topological polar surface area (TPSA) is 110 Å². The first-order valence-corrected chi connectivity index (χ1v) is 13.4. The van der Waals surface area contributed by atoms with Gasteiger partial charge in [0.05, 0.1) is 28.1 Å². The predicted octanol–water partition coefficient (Wildman–Crippen LogP) is 4.60. The fraction of sp³-hybridized carbons (Fsp3) is 0.222. The van der Waals surface area contributed by atoms with Crippen LogP contribution in [0.15, 0.2) is 84.3 Å². The van der Waals surface area contributed by atoms with Crippen molar-refractivity contribution in [1.82, 2.24) is 18.9 Å². The highest BCUT2D eigenvalue weighted by Crippen LogP contribution is 2.36. The number of hydrogen-bond acceptors (Lipinski definition) is 7. The van der Waals surface area contributed by atoms with Crippen molar-refractivity contribution in [3.8, 4) is 11.1 Å². The Balaban J connectivity index is 1.50. The summed E-state index contributed by atoms with van der Waals surface area (Å²) in [5.74, 6) is 0.432. The van der Waals surface area contributed by atoms with E-state index in [4.69, 9.17) is 4.98 Å². The fourth-order valence-corrected chi connectivity index (χ4v) is 6.33. The first-order chi connectivity index (χ1) is 17.5. The summed E-state index contributed by atoms with van der Waals surface area (Å²) in [6.45, 7) is 0. The average molecular weight is 500 g/mol. The van der Waals surface area contributed by atoms with Crippen LogP contribution in [-0.2, 0) is 10.0 Å². The number of para-hydroxylation sites is 1. The van der Waals surface area contributed by atoms with Crippen LogP contribution >= 0.6 is 0 Å². The molecule has 1 fully saturated rings. The Morgan fingerprint density at radius 1 is 0.917 bits per heavy atom. The third-order valence-electron chi connectivity index (χ3n) is 6.80. The quantitative estimate of drug-likeness (QED) is 0.364. The summed E-state index contributed by atoms with van der Waals surface area (Å²) in [4.78, 5) is 13.8. The lowest BCUT2D eigenvalue weighted by Gasteiger charge is -2.28. The average Bonchev–Trinajstić information content (AvgIpc) is 3.31. The number of hydrogen-bond donors (Lipinski definition) is 2. The zero-order chi connectivity index (χ0) is 24.7. The van der Waals surface area contributed by atoms with E-state index < -0.39 is 16.1 Å². The SMILES string of the molecule is O=S(=O)(c1ccccc1)n1cc(-c2cncc3cnc(NC4CCCCC4O)nc23)c2ccccc21. The number of aliphatic hydroxyl groups excluding tert-OH is 1. The van der Waals surface area contributed by atoms with Crippen molar-refractivity contribution >= 4 is 37.8 Å². The molecule has 8 nitrogen and oxygen atoms in total. The zero-order valence-corrected chi connectivity index (χ0v) is 20.3. The van der Waals surface area contributed by atoms with Gasteiger partial charge in [-0.05, 0) is 31.0 Å². The molecule has 3 heterocycles. The van der Waals surface area contributed by atoms with Gasteiger partial charge in [0, 0.05) is 46.7 Å². The Morgan fingerprint density at radius 3 is 2.53 bits per heavy atom. The van der Waals surface area contributed by atoms with Gasteiger partial charge >= 0.3 is 0 Å². The van der Waals surface area contributed by atoms with E-state index in [1.807, 2.05) is 18.2 Å². The van der Waals surface area contributed by atoms with Gasteiger partial charge in [0.15, 0.2) is 0 Å². The van der Waals surface area contributed by atoms with E-state index in [2.05, 4.69) is 15.3 Å². The van der Waals surface area contributed by atoms with E-state index in [0.29, 0.717) is 28.1 Å². The number of aliphatic hydroxyl groups is 1. The molecule has 0 saturated heterocycles. The molecular weight excluding hydrogens is 474 g/mol. The second-order valence-corrected chi connectivity index (χ2v) is 10.9. The van der Waals surface area contributed by atoms with Crippen LogP contribution < -0.4 is 5.32 Å². The summed E-state index contributed by atoms with van der Waals surface area (Å²) in [6, 6.07) is 15.7. The Morgan fingerprint density at radius 2 is 1.69 bits per heavy atom. The molecule has 1 aliphatic carbocycles. The minimum Gasteiger partial charge on any atom is -0.391 e. The monoisotopic (exact) mass is 499 g/mol. The van der Waals surface area contributed by atoms with E-state index in [-0.39, 0.29) is 10.9 Å². The van der Waals surface area contributed by atoms with Crippen molar-refractivity contribution in [1.29, 1.82) is 0 Å². The van der Waals surface area contributed by atoms with Crippen LogP contribution in [0.25, 0.3) is 32.9 Å². The van der Waals surface area contributed by atoms with Crippen molar-refractivity contribution in [2.45, 2.75) is 42.7 Å². The van der Waals surface area contributed by atoms with Crippen LogP contribution in [-0.4, -0.2) is 44.6 Å². The van der Waals surface area contributed by atoms with Gasteiger partial charge in [0.1, 0.15) is 0 Å². The van der Waals surface area contributed by atoms with Crippen molar-refractivity contribution in [2.24, 2.45) is 0 Å². The molecule has 5 aromatic rings. The molecule has 0 aliphatic heterocycles. The Bertz CT molecular complexity index is 1670. The van der Waals surface area contributed by atoms with Crippen LogP contribution in [0.4, 0.5) is 5.95 Å². The minimum atomic E-state index is -3.82. The van der Waals surface area contributed by atoms with E-state index in [1.54, 1.807) is 61.2 Å². The maximum atomic E-state index is 13.6. The van der Waals surface area contributed by atoms with Crippen molar-refractivity contribution in [3.05, 3.63) is 79.4 Å². The van der Waals surface area contributed by atoms with Crippen molar-refractivity contribution in [3.63, 3.8) is 0 Å². The molecule has 9 heteroatoms. The summed E-state index contributed by atoms with van der Waals surface area (Å²) in [6.07, 6.45) is 9.99. The summed E-state index contributed by atoms with van der Waals surface area (Å²) in [5, 5.41) is 15.2. The van der Waals surface area contributed by atoms with Crippen LogP contribution in [0.2, 0.25) is 0 Å². The van der Waals surface area contributed by atoms with E-state index in [0.717, 1.165) is 36.5 Å². The third kappa shape index (κ3) is 3.90. The first-order valence-electron chi connectivity index (χ1n) is 12.0. The zero-order valence-electron chi connectivity index (χ0n) is 19.4. The lowest BCUT2D eigenvalue weighted by atomic mass is 9.93. The van der Waals surface area contributed by atoms with Gasteiger partial charge in [-0.15, -0.1) is 0 Å². The van der Waals surface area contributed by atoms with E-state index in [1.165, 1.54) is 3.97 Å². The highest BCUT2D eigenvalue weighted by molar-refractivity contribution is 7.90. The Kier molecular flexibility index (Phi) is 5.66. The molecule has 0 spiro atoms. The van der Waals surface area contributed by atoms with Gasteiger partial charge in [-0.2, -0.15) is 0 Å². The second kappa shape index (κ2) is 9.00. The maximum absolute atomic E-state index is 13.6. The summed E-state index contributed by atoms with van der Waals surface area (Å²) in [5.41, 5.74) is 2.66. The second-order valence-electron chi connectivity index (χ2n) is 9.09. The summed E-state index contributed by atoms with van der Waals surface area (Å²) >= 11 is 0. The van der Waals surface area contributed by atoms with E-state index in [9.17, 15) is 13.5 Å². The molecule has 1 saturated carbocycles. The van der Waals surface area contributed by atoms with Gasteiger partial charge in [0.25, 0.3) is 10.0 Å². The Hall–Kier alpha value is -3.82. The molecule has 0 radical (unpaired) electrons. The molecule has 0 amide bonds. The number of aromatic nitrogens is 4. The number of nitrogens with one attached hydrogen (secondary N) is 1. The van der Waals surface area contributed by atoms with Gasteiger partial charge in [-0.3, -0.25) is 4.98 Å². The van der Waals surface area contributed by atoms with Gasteiger partial charge < -0.3 is 10.4 Å². The molecule has 2 aromatic carbocycles. The smallest absolute Gasteiger partial charge is 0.268 e. The molecule has 0 bridgehead atoms. The number of nitrogens with zero attached hydrogens (tertiary/aromatic N) is 4. The van der Waals surface area contributed by atoms with Crippen LogP contribution in [0.5, 0.6) is 0 Å². The normalized spacial score (nSPS) is 18.5. The number of benzene rings is 2. The van der Waals surface area contributed by atoms with E-state index >= 15 is 0 Å². The Labute approximate surface area is 208 Å². The predicted molar refractivity (Wildman–Crippen MR) is 139 cm³/mol. The minimum absolute atomic E-state index is 0.0978. The molecule has 1 aliphatic rings. The molecule has 3 aromatic heterocycles. The van der Waals surface area contributed by atoms with Crippen LogP contribution in [0.3, 0.4) is 0 Å². The number of rotatable bonds is 5. The highest BCUT2D eigenvalue weighted by Gasteiger charge is 2.25. The summed E-state index contributed by atoms with van der Waals surface area (Å²) < 4.78 is 28.4. The van der Waals surface area contributed by atoms with Gasteiger partial charge in [-0.25, -0.2) is 22.4 Å². The number of anilines is 1. The third-order valence-corrected chi connectivity index (χ3v) is 8.49. The van der Waals surface area contributed by atoms with Gasteiger partial charge in [0.2, 0.25) is 5.95 Å². The van der Waals surface area contributed by atoms with Crippen LogP contribution in [0.1, 0.15) is 25.7 Å². The molecular formula is C27H25N5O3S. The fourth-order valence-electron chi connectivity index (χ4n) is 4.94. The standard InChI is InChI=1S/C27H25N5O3S/c33-25-13-7-5-11-23(25)30-27-29-15-18-14-28-16-21(26(18)31-27)22-17-32(24-12-6-4-10-20(22)24)36(34,35)19-8-2-1-3-9-19/h1-4,6,8-10,12,14-17,23,25,33H,5,7,11,13H2,(H,29,30,31). The first kappa shape index (κ1) is 22.6. The van der Waals surface area contributed by atoms with Crippen molar-refractivity contribution < 1.29 is 13.5 Å². The number of pyridine rings is 1. The van der Waals surface area contributed by atoms with Gasteiger partial charge in [-0.1, -0.05) is 49.2 Å². The number of fused-ring (bicyclic) bond motifs is 2. The highest BCUT2D eigenvalue weighted by atomic mass is 32.2. The molecule has 182 valence electrons. The van der Waals surface area contributed by atoms with Crippen molar-refractivity contribution in [2.75, 3.05) is 5.32 Å². The molecule has 6 rings (SSSR count). The summed E-state index contributed by atoms with van der Waals surface area (Å²) in [7, 11) is -3.82. The molecule has 36 heavy (non-hydrogen) atoms. The maximum Gasteiger partial charge on any atom is 0.268 e. The van der Waals surface area contributed by atoms with Crippen LogP contribution in [0, 0.1) is 0 Å².